The van der Waals surface area contributed by atoms with Crippen molar-refractivity contribution in [2.75, 3.05) is 13.6 Å². The molecule has 5 nitrogen and oxygen atoms in total. The normalized spacial score (nSPS) is 12.9. The lowest BCUT2D eigenvalue weighted by molar-refractivity contribution is -0.141. The van der Waals surface area contributed by atoms with Gasteiger partial charge in [-0.2, -0.15) is 0 Å². The fourth-order valence-electron chi connectivity index (χ4n) is 2.46. The summed E-state index contributed by atoms with van der Waals surface area (Å²) in [6.45, 7) is 3.71. The first-order valence-electron chi connectivity index (χ1n) is 8.18. The van der Waals surface area contributed by atoms with Crippen molar-refractivity contribution in [2.24, 2.45) is 5.92 Å². The highest BCUT2D eigenvalue weighted by molar-refractivity contribution is 5.94. The zero-order valence-corrected chi connectivity index (χ0v) is 14.7. The first kappa shape index (κ1) is 18.5. The van der Waals surface area contributed by atoms with Gasteiger partial charge in [-0.05, 0) is 36.8 Å². The van der Waals surface area contributed by atoms with E-state index in [1.54, 1.807) is 38.2 Å². The third-order valence-electron chi connectivity index (χ3n) is 4.00. The molecular weight excluding hydrogens is 318 g/mol. The van der Waals surface area contributed by atoms with Crippen LogP contribution in [0.3, 0.4) is 0 Å². The lowest BCUT2D eigenvalue weighted by atomic mass is 10.1. The Hall–Kier alpha value is -2.82. The molecule has 1 N–H and O–H groups in total. The van der Waals surface area contributed by atoms with E-state index in [-0.39, 0.29) is 18.6 Å². The lowest BCUT2D eigenvalue weighted by Crippen LogP contribution is -2.33. The van der Waals surface area contributed by atoms with Crippen LogP contribution in [0, 0.1) is 5.92 Å². The molecular formula is C20H23NO4. The number of hydrogen-bond donors (Lipinski definition) is 1. The van der Waals surface area contributed by atoms with E-state index in [0.717, 1.165) is 5.56 Å². The summed E-state index contributed by atoms with van der Waals surface area (Å²) in [4.78, 5) is 24.7. The summed E-state index contributed by atoms with van der Waals surface area (Å²) in [5.74, 6) is -1.06. The van der Waals surface area contributed by atoms with E-state index in [4.69, 9.17) is 9.84 Å². The van der Waals surface area contributed by atoms with Crippen LogP contribution in [0.4, 0.5) is 0 Å². The van der Waals surface area contributed by atoms with Crippen molar-refractivity contribution in [3.63, 3.8) is 0 Å². The number of benzene rings is 2. The van der Waals surface area contributed by atoms with E-state index < -0.39 is 11.9 Å². The number of amides is 1. The fourth-order valence-corrected chi connectivity index (χ4v) is 2.46. The number of nitrogens with zero attached hydrogens (tertiary/aromatic N) is 1. The summed E-state index contributed by atoms with van der Waals surface area (Å²) >= 11 is 0. The van der Waals surface area contributed by atoms with Gasteiger partial charge in [0.25, 0.3) is 5.91 Å². The van der Waals surface area contributed by atoms with Gasteiger partial charge >= 0.3 is 5.97 Å². The number of carboxylic acid groups (broad SMARTS) is 1. The van der Waals surface area contributed by atoms with Crippen molar-refractivity contribution in [3.8, 4) is 5.75 Å². The molecule has 2 aromatic carbocycles. The van der Waals surface area contributed by atoms with E-state index in [0.29, 0.717) is 11.3 Å². The molecule has 0 aromatic heterocycles. The minimum atomic E-state index is -0.918. The van der Waals surface area contributed by atoms with E-state index >= 15 is 0 Å². The highest BCUT2D eigenvalue weighted by atomic mass is 16.5. The van der Waals surface area contributed by atoms with Crippen LogP contribution < -0.4 is 4.74 Å². The molecule has 0 aliphatic rings. The lowest BCUT2D eigenvalue weighted by Gasteiger charge is -2.20. The molecule has 2 unspecified atom stereocenters. The van der Waals surface area contributed by atoms with Gasteiger partial charge in [0.05, 0.1) is 5.92 Å². The van der Waals surface area contributed by atoms with Crippen LogP contribution in [0.25, 0.3) is 0 Å². The summed E-state index contributed by atoms with van der Waals surface area (Å²) in [5.41, 5.74) is 1.57. The van der Waals surface area contributed by atoms with Crippen molar-refractivity contribution < 1.29 is 19.4 Å². The zero-order chi connectivity index (χ0) is 18.4. The van der Waals surface area contributed by atoms with Crippen LogP contribution in [-0.4, -0.2) is 35.5 Å². The number of hydrogen-bond acceptors (Lipinski definition) is 3. The Morgan fingerprint density at radius 2 is 1.64 bits per heavy atom. The van der Waals surface area contributed by atoms with Gasteiger partial charge in [-0.3, -0.25) is 9.59 Å². The Morgan fingerprint density at radius 1 is 1.04 bits per heavy atom. The monoisotopic (exact) mass is 341 g/mol. The van der Waals surface area contributed by atoms with Gasteiger partial charge in [0.2, 0.25) is 0 Å². The molecule has 5 heteroatoms. The molecule has 0 spiro atoms. The van der Waals surface area contributed by atoms with Gasteiger partial charge in [0.1, 0.15) is 11.9 Å². The Labute approximate surface area is 147 Å². The molecule has 0 saturated heterocycles. The molecule has 2 rings (SSSR count). The number of aliphatic carboxylic acids is 1. The van der Waals surface area contributed by atoms with E-state index in [9.17, 15) is 9.59 Å². The van der Waals surface area contributed by atoms with Crippen molar-refractivity contribution in [1.29, 1.82) is 0 Å². The molecule has 2 aromatic rings. The van der Waals surface area contributed by atoms with Crippen LogP contribution in [0.2, 0.25) is 0 Å². The molecule has 0 fully saturated rings. The zero-order valence-electron chi connectivity index (χ0n) is 14.7. The first-order chi connectivity index (χ1) is 11.9. The molecule has 0 aliphatic carbocycles. The predicted octanol–water partition coefficient (Wildman–Crippen LogP) is 3.62. The molecule has 25 heavy (non-hydrogen) atoms. The molecule has 0 saturated carbocycles. The van der Waals surface area contributed by atoms with Crippen LogP contribution in [0.1, 0.15) is 35.9 Å². The summed E-state index contributed by atoms with van der Waals surface area (Å²) < 4.78 is 5.89. The smallest absolute Gasteiger partial charge is 0.308 e. The third-order valence-corrected chi connectivity index (χ3v) is 4.00. The number of carboxylic acids is 1. The van der Waals surface area contributed by atoms with Crippen molar-refractivity contribution in [1.82, 2.24) is 4.90 Å². The van der Waals surface area contributed by atoms with Crippen LogP contribution in [-0.2, 0) is 4.79 Å². The first-order valence-corrected chi connectivity index (χ1v) is 8.18. The maximum atomic E-state index is 12.3. The number of ether oxygens (including phenoxy) is 1. The van der Waals surface area contributed by atoms with Gasteiger partial charge in [-0.1, -0.05) is 37.3 Å². The standard InChI is InChI=1S/C20H23NO4/c1-14(20(23)24)13-21(3)19(22)17-9-11-18(12-10-17)25-15(2)16-7-5-4-6-8-16/h4-12,14-15H,13H2,1-3H3,(H,23,24). The maximum Gasteiger partial charge on any atom is 0.308 e. The summed E-state index contributed by atoms with van der Waals surface area (Å²) in [6.07, 6.45) is -0.0955. The van der Waals surface area contributed by atoms with E-state index in [1.165, 1.54) is 4.90 Å². The van der Waals surface area contributed by atoms with Crippen LogP contribution >= 0.6 is 0 Å². The van der Waals surface area contributed by atoms with E-state index in [2.05, 4.69) is 0 Å². The summed E-state index contributed by atoms with van der Waals surface area (Å²) in [7, 11) is 1.60. The molecule has 0 aliphatic heterocycles. The number of rotatable bonds is 7. The van der Waals surface area contributed by atoms with E-state index in [1.807, 2.05) is 37.3 Å². The average Bonchev–Trinajstić information content (AvgIpc) is 2.62. The Kier molecular flexibility index (Phi) is 6.17. The summed E-state index contributed by atoms with van der Waals surface area (Å²) in [6, 6.07) is 16.8. The predicted molar refractivity (Wildman–Crippen MR) is 95.7 cm³/mol. The Balaban J connectivity index is 1.99. The third kappa shape index (κ3) is 5.08. The van der Waals surface area contributed by atoms with Gasteiger partial charge in [-0.25, -0.2) is 0 Å². The Bertz CT molecular complexity index is 712. The van der Waals surface area contributed by atoms with Crippen molar-refractivity contribution >= 4 is 11.9 Å². The molecule has 0 bridgehead atoms. The molecule has 2 atom stereocenters. The maximum absolute atomic E-state index is 12.3. The molecule has 1 amide bonds. The van der Waals surface area contributed by atoms with Crippen molar-refractivity contribution in [2.45, 2.75) is 20.0 Å². The average molecular weight is 341 g/mol. The molecule has 0 radical (unpaired) electrons. The van der Waals surface area contributed by atoms with Gasteiger partial charge in [0, 0.05) is 19.2 Å². The quantitative estimate of drug-likeness (QED) is 0.835. The molecule has 132 valence electrons. The fraction of sp³-hybridized carbons (Fsp3) is 0.300. The highest BCUT2D eigenvalue weighted by Crippen LogP contribution is 2.22. The Morgan fingerprint density at radius 3 is 2.20 bits per heavy atom. The van der Waals surface area contributed by atoms with Crippen molar-refractivity contribution in [3.05, 3.63) is 65.7 Å². The number of carbonyl (C=O) groups is 2. The van der Waals surface area contributed by atoms with Gasteiger partial charge in [-0.15, -0.1) is 0 Å². The topological polar surface area (TPSA) is 66.8 Å². The number of carbonyl (C=O) groups excluding carboxylic acids is 1. The van der Waals surface area contributed by atoms with Crippen LogP contribution in [0.5, 0.6) is 5.75 Å². The van der Waals surface area contributed by atoms with Gasteiger partial charge < -0.3 is 14.7 Å². The minimum Gasteiger partial charge on any atom is -0.486 e. The molecule has 0 heterocycles. The minimum absolute atomic E-state index is 0.0955. The SMILES string of the molecule is CC(CN(C)C(=O)c1ccc(OC(C)c2ccccc2)cc1)C(=O)O. The second kappa shape index (κ2) is 8.33. The second-order valence-corrected chi connectivity index (χ2v) is 6.12. The second-order valence-electron chi connectivity index (χ2n) is 6.12. The van der Waals surface area contributed by atoms with Crippen LogP contribution in [0.15, 0.2) is 54.6 Å². The van der Waals surface area contributed by atoms with Gasteiger partial charge in [0.15, 0.2) is 0 Å². The summed E-state index contributed by atoms with van der Waals surface area (Å²) in [5, 5.41) is 8.94. The highest BCUT2D eigenvalue weighted by Gasteiger charge is 2.18. The largest absolute Gasteiger partial charge is 0.486 e.